The SMILES string of the molecule is CCN1CCC(N(C)c2cnc(C(N)=S)cn2)CC1. The average molecular weight is 279 g/mol. The van der Waals surface area contributed by atoms with Crippen LogP contribution in [0.1, 0.15) is 25.5 Å². The van der Waals surface area contributed by atoms with Crippen LogP contribution in [0.2, 0.25) is 0 Å². The van der Waals surface area contributed by atoms with E-state index in [0.717, 1.165) is 25.5 Å². The van der Waals surface area contributed by atoms with E-state index < -0.39 is 0 Å². The normalized spacial score (nSPS) is 17.4. The molecule has 0 amide bonds. The molecule has 0 aromatic carbocycles. The number of aromatic nitrogens is 2. The molecule has 104 valence electrons. The summed E-state index contributed by atoms with van der Waals surface area (Å²) in [6.07, 6.45) is 5.74. The molecule has 5 nitrogen and oxygen atoms in total. The van der Waals surface area contributed by atoms with E-state index in [1.807, 2.05) is 0 Å². The van der Waals surface area contributed by atoms with Gasteiger partial charge in [0.15, 0.2) is 0 Å². The molecule has 0 spiro atoms. The molecule has 0 atom stereocenters. The molecule has 1 fully saturated rings. The summed E-state index contributed by atoms with van der Waals surface area (Å²) in [6, 6.07) is 0.535. The van der Waals surface area contributed by atoms with Crippen molar-refractivity contribution in [3.05, 3.63) is 18.1 Å². The highest BCUT2D eigenvalue weighted by molar-refractivity contribution is 7.80. The molecule has 1 aliphatic rings. The zero-order valence-corrected chi connectivity index (χ0v) is 12.4. The van der Waals surface area contributed by atoms with Crippen LogP contribution in [-0.2, 0) is 0 Å². The quantitative estimate of drug-likeness (QED) is 0.831. The lowest BCUT2D eigenvalue weighted by Gasteiger charge is -2.36. The standard InChI is InChI=1S/C13H21N5S/c1-3-18-6-4-10(5-7-18)17(2)12-9-15-11(8-16-12)13(14)19/h8-10H,3-7H2,1-2H3,(H2,14,19). The van der Waals surface area contributed by atoms with Crippen LogP contribution in [0.3, 0.4) is 0 Å². The fraction of sp³-hybridized carbons (Fsp3) is 0.615. The first kappa shape index (κ1) is 14.1. The molecular formula is C13H21N5S. The second-order valence-corrected chi connectivity index (χ2v) is 5.34. The van der Waals surface area contributed by atoms with Crippen LogP contribution in [0.25, 0.3) is 0 Å². The highest BCUT2D eigenvalue weighted by Crippen LogP contribution is 2.19. The Morgan fingerprint density at radius 3 is 2.58 bits per heavy atom. The number of likely N-dealkylation sites (tertiary alicyclic amines) is 1. The van der Waals surface area contributed by atoms with Crippen molar-refractivity contribution in [3.63, 3.8) is 0 Å². The van der Waals surface area contributed by atoms with Gasteiger partial charge in [-0.25, -0.2) is 9.97 Å². The number of hydrogen-bond acceptors (Lipinski definition) is 5. The van der Waals surface area contributed by atoms with Gasteiger partial charge in [0, 0.05) is 26.2 Å². The first-order valence-corrected chi connectivity index (χ1v) is 7.09. The Kier molecular flexibility index (Phi) is 4.66. The Bertz CT molecular complexity index is 425. The number of hydrogen-bond donors (Lipinski definition) is 1. The van der Waals surface area contributed by atoms with Crippen LogP contribution < -0.4 is 10.6 Å². The van der Waals surface area contributed by atoms with Gasteiger partial charge in [-0.05, 0) is 19.4 Å². The molecule has 19 heavy (non-hydrogen) atoms. The summed E-state index contributed by atoms with van der Waals surface area (Å²) >= 11 is 4.88. The van der Waals surface area contributed by atoms with Crippen molar-refractivity contribution in [2.45, 2.75) is 25.8 Å². The molecule has 1 saturated heterocycles. The third kappa shape index (κ3) is 3.39. The summed E-state index contributed by atoms with van der Waals surface area (Å²) in [6.45, 7) is 5.66. The lowest BCUT2D eigenvalue weighted by Crippen LogP contribution is -2.43. The summed E-state index contributed by atoms with van der Waals surface area (Å²) in [5.41, 5.74) is 6.10. The van der Waals surface area contributed by atoms with E-state index in [0.29, 0.717) is 11.7 Å². The molecule has 2 heterocycles. The van der Waals surface area contributed by atoms with Crippen molar-refractivity contribution in [2.24, 2.45) is 5.73 Å². The fourth-order valence-electron chi connectivity index (χ4n) is 2.44. The van der Waals surface area contributed by atoms with E-state index in [-0.39, 0.29) is 4.99 Å². The minimum Gasteiger partial charge on any atom is -0.388 e. The maximum atomic E-state index is 5.52. The Morgan fingerprint density at radius 2 is 2.11 bits per heavy atom. The van der Waals surface area contributed by atoms with Crippen LogP contribution in [-0.4, -0.2) is 52.6 Å². The lowest BCUT2D eigenvalue weighted by atomic mass is 10.0. The molecule has 1 aliphatic heterocycles. The van der Waals surface area contributed by atoms with Gasteiger partial charge in [0.1, 0.15) is 16.5 Å². The van der Waals surface area contributed by atoms with Gasteiger partial charge in [0.05, 0.1) is 12.4 Å². The van der Waals surface area contributed by atoms with Crippen molar-refractivity contribution < 1.29 is 0 Å². The third-order valence-electron chi connectivity index (χ3n) is 3.80. The maximum absolute atomic E-state index is 5.52. The van der Waals surface area contributed by atoms with Gasteiger partial charge in [0.2, 0.25) is 0 Å². The second kappa shape index (κ2) is 6.25. The number of piperidine rings is 1. The predicted molar refractivity (Wildman–Crippen MR) is 81.5 cm³/mol. The zero-order chi connectivity index (χ0) is 13.8. The predicted octanol–water partition coefficient (Wildman–Crippen LogP) is 1.03. The Labute approximate surface area is 119 Å². The van der Waals surface area contributed by atoms with Gasteiger partial charge >= 0.3 is 0 Å². The Morgan fingerprint density at radius 1 is 1.42 bits per heavy atom. The molecule has 0 radical (unpaired) electrons. The summed E-state index contributed by atoms with van der Waals surface area (Å²) in [7, 11) is 2.08. The Balaban J connectivity index is 1.99. The molecule has 2 N–H and O–H groups in total. The molecule has 0 unspecified atom stereocenters. The topological polar surface area (TPSA) is 58.3 Å². The lowest BCUT2D eigenvalue weighted by molar-refractivity contribution is 0.220. The molecule has 0 saturated carbocycles. The highest BCUT2D eigenvalue weighted by atomic mass is 32.1. The summed E-state index contributed by atoms with van der Waals surface area (Å²) in [5, 5.41) is 0. The minimum absolute atomic E-state index is 0.290. The first-order valence-electron chi connectivity index (χ1n) is 6.69. The Hall–Kier alpha value is -1.27. The van der Waals surface area contributed by atoms with Gasteiger partial charge in [-0.2, -0.15) is 0 Å². The molecule has 2 rings (SSSR count). The van der Waals surface area contributed by atoms with Crippen LogP contribution in [0, 0.1) is 0 Å². The van der Waals surface area contributed by atoms with Gasteiger partial charge in [-0.15, -0.1) is 0 Å². The zero-order valence-electron chi connectivity index (χ0n) is 11.5. The molecule has 0 bridgehead atoms. The molecule has 6 heteroatoms. The van der Waals surface area contributed by atoms with Gasteiger partial charge in [-0.1, -0.05) is 19.1 Å². The van der Waals surface area contributed by atoms with Crippen molar-refractivity contribution >= 4 is 23.0 Å². The van der Waals surface area contributed by atoms with Gasteiger partial charge in [-0.3, -0.25) is 0 Å². The van der Waals surface area contributed by atoms with Crippen LogP contribution in [0.5, 0.6) is 0 Å². The van der Waals surface area contributed by atoms with Gasteiger partial charge in [0.25, 0.3) is 0 Å². The number of nitrogens with two attached hydrogens (primary N) is 1. The summed E-state index contributed by atoms with van der Waals surface area (Å²) in [5.74, 6) is 0.884. The average Bonchev–Trinajstić information content (AvgIpc) is 2.46. The highest BCUT2D eigenvalue weighted by Gasteiger charge is 2.22. The molecule has 1 aromatic rings. The monoisotopic (exact) mass is 279 g/mol. The largest absolute Gasteiger partial charge is 0.388 e. The fourth-order valence-corrected chi connectivity index (χ4v) is 2.55. The van der Waals surface area contributed by atoms with E-state index in [9.17, 15) is 0 Å². The van der Waals surface area contributed by atoms with E-state index in [1.165, 1.54) is 12.8 Å². The van der Waals surface area contributed by atoms with Crippen LogP contribution >= 0.6 is 12.2 Å². The first-order chi connectivity index (χ1) is 9.11. The molecule has 0 aliphatic carbocycles. The van der Waals surface area contributed by atoms with Crippen LogP contribution in [0.15, 0.2) is 12.4 Å². The van der Waals surface area contributed by atoms with Gasteiger partial charge < -0.3 is 15.5 Å². The van der Waals surface area contributed by atoms with E-state index in [2.05, 4.69) is 33.7 Å². The summed E-state index contributed by atoms with van der Waals surface area (Å²) in [4.78, 5) is 13.6. The van der Waals surface area contributed by atoms with Crippen molar-refractivity contribution in [3.8, 4) is 0 Å². The van der Waals surface area contributed by atoms with Crippen molar-refractivity contribution in [1.82, 2.24) is 14.9 Å². The van der Waals surface area contributed by atoms with Crippen molar-refractivity contribution in [2.75, 3.05) is 31.6 Å². The molecule has 1 aromatic heterocycles. The summed E-state index contributed by atoms with van der Waals surface area (Å²) < 4.78 is 0. The third-order valence-corrected chi connectivity index (χ3v) is 4.01. The van der Waals surface area contributed by atoms with E-state index in [1.54, 1.807) is 12.4 Å². The van der Waals surface area contributed by atoms with Crippen LogP contribution in [0.4, 0.5) is 5.82 Å². The van der Waals surface area contributed by atoms with E-state index >= 15 is 0 Å². The second-order valence-electron chi connectivity index (χ2n) is 4.90. The minimum atomic E-state index is 0.290. The number of nitrogens with zero attached hydrogens (tertiary/aromatic N) is 4. The smallest absolute Gasteiger partial charge is 0.147 e. The molecular weight excluding hydrogens is 258 g/mol. The maximum Gasteiger partial charge on any atom is 0.147 e. The number of thiocarbonyl (C=S) groups is 1. The van der Waals surface area contributed by atoms with E-state index in [4.69, 9.17) is 18.0 Å². The number of rotatable bonds is 4. The van der Waals surface area contributed by atoms with Crippen molar-refractivity contribution in [1.29, 1.82) is 0 Å². The number of anilines is 1.